The first kappa shape index (κ1) is 16.4. The quantitative estimate of drug-likeness (QED) is 0.857. The van der Waals surface area contributed by atoms with Crippen molar-refractivity contribution in [1.82, 2.24) is 0 Å². The molecule has 2 aromatic rings. The van der Waals surface area contributed by atoms with Crippen molar-refractivity contribution < 1.29 is 19.4 Å². The molecular weight excluding hydrogens is 296 g/mol. The molecule has 0 radical (unpaired) electrons. The Morgan fingerprint density at radius 3 is 2.17 bits per heavy atom. The van der Waals surface area contributed by atoms with E-state index in [4.69, 9.17) is 15.6 Å². The summed E-state index contributed by atoms with van der Waals surface area (Å²) in [6.45, 7) is 1.65. The molecule has 6 nitrogen and oxygen atoms in total. The van der Waals surface area contributed by atoms with Crippen molar-refractivity contribution >= 4 is 23.4 Å². The van der Waals surface area contributed by atoms with Crippen LogP contribution >= 0.6 is 0 Å². The monoisotopic (exact) mass is 314 g/mol. The maximum atomic E-state index is 11.7. The van der Waals surface area contributed by atoms with Gasteiger partial charge in [0.25, 0.3) is 0 Å². The fraction of sp³-hybridized carbons (Fsp3) is 0.176. The van der Waals surface area contributed by atoms with Gasteiger partial charge in [-0.05, 0) is 43.3 Å². The number of urea groups is 1. The van der Waals surface area contributed by atoms with Gasteiger partial charge in [0.05, 0.1) is 17.3 Å². The Bertz CT molecular complexity index is 671. The Morgan fingerprint density at radius 1 is 1.09 bits per heavy atom. The Balaban J connectivity index is 2.14. The van der Waals surface area contributed by atoms with Crippen LogP contribution in [0, 0.1) is 5.92 Å². The van der Waals surface area contributed by atoms with E-state index in [2.05, 4.69) is 0 Å². The molecule has 0 heterocycles. The fourth-order valence-electron chi connectivity index (χ4n) is 1.96. The smallest absolute Gasteiger partial charge is 0.323 e. The van der Waals surface area contributed by atoms with Gasteiger partial charge in [-0.15, -0.1) is 0 Å². The molecule has 0 aliphatic carbocycles. The number of rotatable bonds is 6. The third-order valence-electron chi connectivity index (χ3n) is 3.25. The van der Waals surface area contributed by atoms with Gasteiger partial charge in [-0.1, -0.05) is 18.2 Å². The van der Waals surface area contributed by atoms with Gasteiger partial charge < -0.3 is 15.6 Å². The topological polar surface area (TPSA) is 92.9 Å². The molecule has 0 aliphatic rings. The molecule has 3 N–H and O–H groups in total. The molecule has 2 aromatic carbocycles. The lowest BCUT2D eigenvalue weighted by Gasteiger charge is -2.21. The Hall–Kier alpha value is -3.02. The highest BCUT2D eigenvalue weighted by Gasteiger charge is 2.15. The lowest BCUT2D eigenvalue weighted by Crippen LogP contribution is -2.31. The first-order valence-corrected chi connectivity index (χ1v) is 7.09. The molecule has 2 amide bonds. The van der Waals surface area contributed by atoms with Crippen molar-refractivity contribution in [3.05, 3.63) is 54.6 Å². The average Bonchev–Trinajstić information content (AvgIpc) is 2.54. The second kappa shape index (κ2) is 7.31. The summed E-state index contributed by atoms with van der Waals surface area (Å²) in [5, 5.41) is 8.83. The van der Waals surface area contributed by atoms with Gasteiger partial charge in [-0.2, -0.15) is 0 Å². The molecule has 0 saturated carbocycles. The van der Waals surface area contributed by atoms with Gasteiger partial charge in [0, 0.05) is 0 Å². The van der Waals surface area contributed by atoms with E-state index in [-0.39, 0.29) is 6.61 Å². The molecule has 0 aromatic heterocycles. The van der Waals surface area contributed by atoms with E-state index < -0.39 is 17.9 Å². The summed E-state index contributed by atoms with van der Waals surface area (Å²) in [4.78, 5) is 23.9. The lowest BCUT2D eigenvalue weighted by atomic mass is 10.2. The van der Waals surface area contributed by atoms with Gasteiger partial charge >= 0.3 is 12.0 Å². The summed E-state index contributed by atoms with van der Waals surface area (Å²) in [5.41, 5.74) is 6.72. The molecular formula is C17H18N2O4. The minimum Gasteiger partial charge on any atom is -0.493 e. The van der Waals surface area contributed by atoms with Gasteiger partial charge in [0.15, 0.2) is 0 Å². The van der Waals surface area contributed by atoms with Crippen LogP contribution in [0.25, 0.3) is 0 Å². The predicted octanol–water partition coefficient (Wildman–Crippen LogP) is 3.00. The van der Waals surface area contributed by atoms with Crippen LogP contribution in [0.15, 0.2) is 54.6 Å². The van der Waals surface area contributed by atoms with Crippen molar-refractivity contribution in [2.45, 2.75) is 6.92 Å². The molecule has 0 bridgehead atoms. The largest absolute Gasteiger partial charge is 0.493 e. The van der Waals surface area contributed by atoms with E-state index in [9.17, 15) is 9.59 Å². The summed E-state index contributed by atoms with van der Waals surface area (Å²) in [6, 6.07) is 15.2. The zero-order chi connectivity index (χ0) is 16.8. The minimum absolute atomic E-state index is 0.0763. The van der Waals surface area contributed by atoms with Crippen LogP contribution in [0.4, 0.5) is 16.2 Å². The van der Waals surface area contributed by atoms with E-state index in [0.29, 0.717) is 17.1 Å². The van der Waals surface area contributed by atoms with Crippen LogP contribution in [0.2, 0.25) is 0 Å². The van der Waals surface area contributed by atoms with E-state index in [1.165, 1.54) is 4.90 Å². The van der Waals surface area contributed by atoms with Gasteiger partial charge in [0.1, 0.15) is 12.4 Å². The Morgan fingerprint density at radius 2 is 1.65 bits per heavy atom. The van der Waals surface area contributed by atoms with E-state index in [0.717, 1.165) is 0 Å². The van der Waals surface area contributed by atoms with Crippen LogP contribution in [0.5, 0.6) is 5.75 Å². The number of aliphatic carboxylic acids is 1. The van der Waals surface area contributed by atoms with Crippen LogP contribution < -0.4 is 15.4 Å². The van der Waals surface area contributed by atoms with Gasteiger partial charge in [0.2, 0.25) is 0 Å². The number of carbonyl (C=O) groups is 2. The first-order chi connectivity index (χ1) is 11.0. The number of nitrogens with zero attached hydrogens (tertiary/aromatic N) is 1. The molecule has 0 fully saturated rings. The molecule has 120 valence electrons. The number of para-hydroxylation sites is 1. The second-order valence-corrected chi connectivity index (χ2v) is 5.05. The van der Waals surface area contributed by atoms with Crippen LogP contribution in [-0.2, 0) is 4.79 Å². The second-order valence-electron chi connectivity index (χ2n) is 5.05. The van der Waals surface area contributed by atoms with E-state index in [1.807, 2.05) is 18.2 Å². The Kier molecular flexibility index (Phi) is 5.19. The van der Waals surface area contributed by atoms with E-state index in [1.54, 1.807) is 43.3 Å². The highest BCUT2D eigenvalue weighted by Crippen LogP contribution is 2.26. The third kappa shape index (κ3) is 4.23. The molecule has 6 heteroatoms. The van der Waals surface area contributed by atoms with Crippen LogP contribution in [0.3, 0.4) is 0 Å². The first-order valence-electron chi connectivity index (χ1n) is 7.09. The summed E-state index contributed by atoms with van der Waals surface area (Å²) in [5.74, 6) is -0.981. The number of carboxylic acids is 1. The number of nitrogens with two attached hydrogens (primary N) is 1. The van der Waals surface area contributed by atoms with Crippen molar-refractivity contribution in [3.63, 3.8) is 0 Å². The Labute approximate surface area is 134 Å². The maximum Gasteiger partial charge on any atom is 0.323 e. The highest BCUT2D eigenvalue weighted by atomic mass is 16.5. The third-order valence-corrected chi connectivity index (χ3v) is 3.25. The van der Waals surface area contributed by atoms with Crippen molar-refractivity contribution in [1.29, 1.82) is 0 Å². The molecule has 2 rings (SSSR count). The number of carbonyl (C=O) groups excluding carboxylic acids is 1. The zero-order valence-electron chi connectivity index (χ0n) is 12.7. The summed E-state index contributed by atoms with van der Waals surface area (Å²) in [6.07, 6.45) is 0. The maximum absolute atomic E-state index is 11.7. The number of hydrogen-bond donors (Lipinski definition) is 2. The number of primary amides is 1. The molecule has 0 saturated heterocycles. The normalized spacial score (nSPS) is 11.5. The van der Waals surface area contributed by atoms with E-state index >= 15 is 0 Å². The van der Waals surface area contributed by atoms with Crippen molar-refractivity contribution in [2.75, 3.05) is 11.5 Å². The van der Waals surface area contributed by atoms with Crippen LogP contribution in [-0.4, -0.2) is 23.7 Å². The summed E-state index contributed by atoms with van der Waals surface area (Å²) >= 11 is 0. The molecule has 1 atom stereocenters. The standard InChI is InChI=1S/C17H18N2O4/c1-12(16(20)21)11-23-15-9-7-14(8-10-15)19(17(18)22)13-5-3-2-4-6-13/h2-10,12H,11H2,1H3,(H2,18,22)(H,20,21). The lowest BCUT2D eigenvalue weighted by molar-refractivity contribution is -0.142. The van der Waals surface area contributed by atoms with Crippen molar-refractivity contribution in [3.8, 4) is 5.75 Å². The highest BCUT2D eigenvalue weighted by molar-refractivity contribution is 5.98. The average molecular weight is 314 g/mol. The number of anilines is 2. The summed E-state index contributed by atoms with van der Waals surface area (Å²) < 4.78 is 5.41. The van der Waals surface area contributed by atoms with Gasteiger partial charge in [-0.3, -0.25) is 9.69 Å². The molecule has 0 spiro atoms. The number of hydrogen-bond acceptors (Lipinski definition) is 3. The fourth-order valence-corrected chi connectivity index (χ4v) is 1.96. The predicted molar refractivity (Wildman–Crippen MR) is 86.9 cm³/mol. The van der Waals surface area contributed by atoms with Crippen LogP contribution in [0.1, 0.15) is 6.92 Å². The molecule has 23 heavy (non-hydrogen) atoms. The number of amides is 2. The molecule has 0 aliphatic heterocycles. The zero-order valence-corrected chi connectivity index (χ0v) is 12.7. The number of carboxylic acid groups (broad SMARTS) is 1. The number of ether oxygens (including phenoxy) is 1. The van der Waals surface area contributed by atoms with Gasteiger partial charge in [-0.25, -0.2) is 4.79 Å². The summed E-state index contributed by atoms with van der Waals surface area (Å²) in [7, 11) is 0. The van der Waals surface area contributed by atoms with Crippen molar-refractivity contribution in [2.24, 2.45) is 11.7 Å². The molecule has 1 unspecified atom stereocenters. The number of benzene rings is 2. The SMILES string of the molecule is CC(COc1ccc(N(C(N)=O)c2ccccc2)cc1)C(=O)O. The minimum atomic E-state index is -0.911.